The quantitative estimate of drug-likeness (QED) is 0.328. The van der Waals surface area contributed by atoms with E-state index in [0.29, 0.717) is 36.2 Å². The van der Waals surface area contributed by atoms with Crippen molar-refractivity contribution in [1.82, 2.24) is 4.90 Å². The van der Waals surface area contributed by atoms with Gasteiger partial charge in [-0.15, -0.1) is 24.0 Å². The minimum atomic E-state index is -0.222. The molecule has 170 valence electrons. The molecule has 2 N–H and O–H groups in total. The monoisotopic (exact) mass is 544 g/mol. The van der Waals surface area contributed by atoms with E-state index in [0.717, 1.165) is 37.4 Å². The molecule has 1 aliphatic heterocycles. The van der Waals surface area contributed by atoms with E-state index in [1.54, 1.807) is 33.5 Å². The van der Waals surface area contributed by atoms with Gasteiger partial charge in [0, 0.05) is 44.0 Å². The number of piperazine rings is 1. The first-order chi connectivity index (χ1) is 14.6. The first-order valence-electron chi connectivity index (χ1n) is 9.90. The lowest BCUT2D eigenvalue weighted by molar-refractivity contribution is 0.322. The predicted molar refractivity (Wildman–Crippen MR) is 132 cm³/mol. The summed E-state index contributed by atoms with van der Waals surface area (Å²) in [5, 5.41) is 0. The fourth-order valence-corrected chi connectivity index (χ4v) is 3.60. The number of rotatable bonds is 7. The van der Waals surface area contributed by atoms with Crippen LogP contribution in [0.1, 0.15) is 5.56 Å². The molecule has 0 bridgehead atoms. The van der Waals surface area contributed by atoms with Gasteiger partial charge in [-0.2, -0.15) is 0 Å². The average molecular weight is 544 g/mol. The lowest BCUT2D eigenvalue weighted by Crippen LogP contribution is -2.51. The molecule has 1 heterocycles. The van der Waals surface area contributed by atoms with E-state index in [1.807, 2.05) is 12.1 Å². The number of hydrogen-bond acceptors (Lipinski definition) is 5. The van der Waals surface area contributed by atoms with Crippen molar-refractivity contribution in [3.05, 3.63) is 47.8 Å². The zero-order valence-corrected chi connectivity index (χ0v) is 20.5. The fraction of sp³-hybridized carbons (Fsp3) is 0.409. The van der Waals surface area contributed by atoms with Gasteiger partial charge in [0.25, 0.3) is 0 Å². The van der Waals surface area contributed by atoms with Crippen LogP contribution >= 0.6 is 24.0 Å². The minimum Gasteiger partial charge on any atom is -0.493 e. The van der Waals surface area contributed by atoms with Crippen LogP contribution < -0.4 is 24.8 Å². The van der Waals surface area contributed by atoms with E-state index in [4.69, 9.17) is 19.9 Å². The third kappa shape index (κ3) is 6.05. The predicted octanol–water partition coefficient (Wildman–Crippen LogP) is 3.15. The highest BCUT2D eigenvalue weighted by Crippen LogP contribution is 2.39. The molecule has 2 aromatic carbocycles. The number of halogens is 2. The fourth-order valence-electron chi connectivity index (χ4n) is 3.60. The number of anilines is 1. The van der Waals surface area contributed by atoms with Gasteiger partial charge in [-0.25, -0.2) is 4.39 Å². The van der Waals surface area contributed by atoms with Gasteiger partial charge in [-0.1, -0.05) is 6.07 Å². The molecule has 7 nitrogen and oxygen atoms in total. The SMILES string of the molecule is COc1ccc(CCN=C(N)N2CCN(c3ccc(F)cc3)CC2)c(OC)c1OC.I. The Morgan fingerprint density at radius 1 is 0.935 bits per heavy atom. The van der Waals surface area contributed by atoms with Gasteiger partial charge in [0.05, 0.1) is 21.3 Å². The molecule has 0 spiro atoms. The summed E-state index contributed by atoms with van der Waals surface area (Å²) < 4.78 is 29.4. The number of methoxy groups -OCH3 is 3. The number of hydrogen-bond donors (Lipinski definition) is 1. The van der Waals surface area contributed by atoms with Crippen LogP contribution in [-0.4, -0.2) is 64.9 Å². The third-order valence-electron chi connectivity index (χ3n) is 5.24. The van der Waals surface area contributed by atoms with Crippen molar-refractivity contribution in [3.8, 4) is 17.2 Å². The Morgan fingerprint density at radius 2 is 1.58 bits per heavy atom. The number of ether oxygens (including phenoxy) is 3. The largest absolute Gasteiger partial charge is 0.493 e. The van der Waals surface area contributed by atoms with Crippen molar-refractivity contribution in [3.63, 3.8) is 0 Å². The van der Waals surface area contributed by atoms with Gasteiger partial charge in [0.15, 0.2) is 17.5 Å². The summed E-state index contributed by atoms with van der Waals surface area (Å²) in [6, 6.07) is 10.4. The van der Waals surface area contributed by atoms with Crippen molar-refractivity contribution in [1.29, 1.82) is 0 Å². The highest BCUT2D eigenvalue weighted by Gasteiger charge is 2.19. The number of aliphatic imine (C=N–C) groups is 1. The van der Waals surface area contributed by atoms with Crippen molar-refractivity contribution in [2.45, 2.75) is 6.42 Å². The second kappa shape index (κ2) is 11.8. The molecule has 0 atom stereocenters. The molecule has 3 rings (SSSR count). The number of nitrogens with two attached hydrogens (primary N) is 1. The van der Waals surface area contributed by atoms with E-state index in [9.17, 15) is 4.39 Å². The Kier molecular flexibility index (Phi) is 9.47. The number of benzene rings is 2. The van der Waals surface area contributed by atoms with Gasteiger partial charge >= 0.3 is 0 Å². The summed E-state index contributed by atoms with van der Waals surface area (Å²) >= 11 is 0. The Labute approximate surface area is 200 Å². The van der Waals surface area contributed by atoms with Crippen LogP contribution in [0.2, 0.25) is 0 Å². The normalized spacial score (nSPS) is 14.1. The second-order valence-electron chi connectivity index (χ2n) is 6.93. The zero-order chi connectivity index (χ0) is 21.5. The molecule has 1 fully saturated rings. The van der Waals surface area contributed by atoms with Crippen LogP contribution in [0.15, 0.2) is 41.4 Å². The first kappa shape index (κ1) is 24.8. The Morgan fingerprint density at radius 3 is 2.16 bits per heavy atom. The van der Waals surface area contributed by atoms with Gasteiger partial charge in [-0.3, -0.25) is 4.99 Å². The molecule has 0 radical (unpaired) electrons. The van der Waals surface area contributed by atoms with Crippen molar-refractivity contribution >= 4 is 35.6 Å². The summed E-state index contributed by atoms with van der Waals surface area (Å²) in [6.07, 6.45) is 0.666. The Hall–Kier alpha value is -2.43. The van der Waals surface area contributed by atoms with Crippen LogP contribution in [0, 0.1) is 5.82 Å². The van der Waals surface area contributed by atoms with Gasteiger partial charge in [0.2, 0.25) is 5.75 Å². The molecular weight excluding hydrogens is 514 g/mol. The maximum atomic E-state index is 13.1. The molecule has 2 aromatic rings. The molecule has 31 heavy (non-hydrogen) atoms. The molecule has 0 aromatic heterocycles. The van der Waals surface area contributed by atoms with Gasteiger partial charge in [0.1, 0.15) is 5.82 Å². The van der Waals surface area contributed by atoms with E-state index in [1.165, 1.54) is 12.1 Å². The third-order valence-corrected chi connectivity index (χ3v) is 5.24. The zero-order valence-electron chi connectivity index (χ0n) is 18.1. The topological polar surface area (TPSA) is 72.6 Å². The molecule has 1 aliphatic rings. The van der Waals surface area contributed by atoms with Gasteiger partial charge in [-0.05, 0) is 36.8 Å². The van der Waals surface area contributed by atoms with Crippen LogP contribution in [-0.2, 0) is 6.42 Å². The highest BCUT2D eigenvalue weighted by atomic mass is 127. The minimum absolute atomic E-state index is 0. The lowest BCUT2D eigenvalue weighted by atomic mass is 10.1. The van der Waals surface area contributed by atoms with Crippen LogP contribution in [0.5, 0.6) is 17.2 Å². The van der Waals surface area contributed by atoms with Crippen molar-refractivity contribution in [2.75, 3.05) is 59.0 Å². The van der Waals surface area contributed by atoms with Crippen molar-refractivity contribution in [2.24, 2.45) is 10.7 Å². The van der Waals surface area contributed by atoms with E-state index < -0.39 is 0 Å². The summed E-state index contributed by atoms with van der Waals surface area (Å²) in [5.74, 6) is 2.16. The van der Waals surface area contributed by atoms with E-state index in [2.05, 4.69) is 14.8 Å². The summed E-state index contributed by atoms with van der Waals surface area (Å²) in [4.78, 5) is 8.85. The summed E-state index contributed by atoms with van der Waals surface area (Å²) in [5.41, 5.74) is 8.22. The second-order valence-corrected chi connectivity index (χ2v) is 6.93. The molecule has 0 unspecified atom stereocenters. The first-order valence-corrected chi connectivity index (χ1v) is 9.90. The molecule has 0 saturated carbocycles. The molecule has 9 heteroatoms. The number of guanidine groups is 1. The highest BCUT2D eigenvalue weighted by molar-refractivity contribution is 14.0. The molecular formula is C22H30FIN4O3. The maximum absolute atomic E-state index is 13.1. The van der Waals surface area contributed by atoms with Crippen molar-refractivity contribution < 1.29 is 18.6 Å². The summed E-state index contributed by atoms with van der Waals surface area (Å²) in [6.45, 7) is 3.70. The summed E-state index contributed by atoms with van der Waals surface area (Å²) in [7, 11) is 4.79. The smallest absolute Gasteiger partial charge is 0.203 e. The van der Waals surface area contributed by atoms with E-state index in [-0.39, 0.29) is 29.8 Å². The average Bonchev–Trinajstić information content (AvgIpc) is 2.79. The molecule has 1 saturated heterocycles. The van der Waals surface area contributed by atoms with Crippen LogP contribution in [0.4, 0.5) is 10.1 Å². The molecule has 0 aliphatic carbocycles. The van der Waals surface area contributed by atoms with Crippen LogP contribution in [0.25, 0.3) is 0 Å². The standard InChI is InChI=1S/C22H29FN4O3.HI/c1-28-19-9-4-16(20(29-2)21(19)30-3)10-11-25-22(24)27-14-12-26(13-15-27)18-7-5-17(23)6-8-18;/h4-9H,10-15H2,1-3H3,(H2,24,25);1H. The molecule has 0 amide bonds. The Bertz CT molecular complexity index is 872. The van der Waals surface area contributed by atoms with Crippen LogP contribution in [0.3, 0.4) is 0 Å². The maximum Gasteiger partial charge on any atom is 0.203 e. The Balaban J connectivity index is 0.00000341. The van der Waals surface area contributed by atoms with Gasteiger partial charge < -0.3 is 29.7 Å². The lowest BCUT2D eigenvalue weighted by Gasteiger charge is -2.36. The number of nitrogens with zero attached hydrogens (tertiary/aromatic N) is 3. The van der Waals surface area contributed by atoms with E-state index >= 15 is 0 Å².